The summed E-state index contributed by atoms with van der Waals surface area (Å²) in [7, 11) is 2.22. The molecule has 0 radical (unpaired) electrons. The number of hydrogen-bond donors (Lipinski definition) is 1. The fourth-order valence-electron chi connectivity index (χ4n) is 2.56. The Hall–Kier alpha value is -0.860. The summed E-state index contributed by atoms with van der Waals surface area (Å²) in [6.45, 7) is 4.89. The number of nitrogens with zero attached hydrogens (tertiary/aromatic N) is 1. The minimum atomic E-state index is 0.872. The van der Waals surface area contributed by atoms with Crippen LogP contribution in [-0.2, 0) is 6.42 Å². The highest BCUT2D eigenvalue weighted by Gasteiger charge is 2.18. The minimum absolute atomic E-state index is 0.872. The van der Waals surface area contributed by atoms with Crippen molar-refractivity contribution in [1.82, 2.24) is 10.2 Å². The summed E-state index contributed by atoms with van der Waals surface area (Å²) in [5.41, 5.74) is 1.45. The van der Waals surface area contributed by atoms with E-state index in [0.29, 0.717) is 0 Å². The third-order valence-corrected chi connectivity index (χ3v) is 3.58. The van der Waals surface area contributed by atoms with Crippen LogP contribution in [0.5, 0.6) is 0 Å². The van der Waals surface area contributed by atoms with Gasteiger partial charge in [0.1, 0.15) is 0 Å². The summed E-state index contributed by atoms with van der Waals surface area (Å²) in [5, 5.41) is 3.59. The molecular weight excluding hydrogens is 208 g/mol. The van der Waals surface area contributed by atoms with Gasteiger partial charge in [-0.2, -0.15) is 0 Å². The monoisotopic (exact) mass is 232 g/mol. The minimum Gasteiger partial charge on any atom is -0.316 e. The number of nitrogens with one attached hydrogen (secondary N) is 1. The Labute approximate surface area is 105 Å². The number of aryl methyl sites for hydroxylation is 1. The summed E-state index contributed by atoms with van der Waals surface area (Å²) in [6.07, 6.45) is 3.80. The first kappa shape index (κ1) is 12.6. The predicted octanol–water partition coefficient (Wildman–Crippen LogP) is 2.16. The van der Waals surface area contributed by atoms with Crippen molar-refractivity contribution in [1.29, 1.82) is 0 Å². The first-order valence-electron chi connectivity index (χ1n) is 6.78. The molecule has 0 bridgehead atoms. The van der Waals surface area contributed by atoms with Crippen LogP contribution in [0.4, 0.5) is 0 Å². The molecule has 1 aliphatic rings. The largest absolute Gasteiger partial charge is 0.316 e. The number of likely N-dealkylation sites (tertiary alicyclic amines) is 1. The summed E-state index contributed by atoms with van der Waals surface area (Å²) < 4.78 is 0. The second-order valence-electron chi connectivity index (χ2n) is 5.21. The zero-order valence-corrected chi connectivity index (χ0v) is 10.9. The first-order chi connectivity index (χ1) is 8.34. The highest BCUT2D eigenvalue weighted by atomic mass is 15.1. The fourth-order valence-corrected chi connectivity index (χ4v) is 2.56. The summed E-state index contributed by atoms with van der Waals surface area (Å²) in [5.74, 6) is 0.872. The highest BCUT2D eigenvalue weighted by molar-refractivity contribution is 5.14. The summed E-state index contributed by atoms with van der Waals surface area (Å²) in [6, 6.07) is 10.8. The van der Waals surface area contributed by atoms with E-state index in [9.17, 15) is 0 Å². The number of benzene rings is 1. The zero-order valence-electron chi connectivity index (χ0n) is 10.9. The van der Waals surface area contributed by atoms with Crippen LogP contribution < -0.4 is 5.32 Å². The van der Waals surface area contributed by atoms with Gasteiger partial charge in [-0.15, -0.1) is 0 Å². The average molecular weight is 232 g/mol. The van der Waals surface area contributed by atoms with Crippen molar-refractivity contribution in [2.75, 3.05) is 33.2 Å². The van der Waals surface area contributed by atoms with E-state index >= 15 is 0 Å². The van der Waals surface area contributed by atoms with Gasteiger partial charge in [-0.1, -0.05) is 30.3 Å². The second kappa shape index (κ2) is 6.77. The van der Waals surface area contributed by atoms with Crippen LogP contribution in [0, 0.1) is 5.92 Å². The maximum absolute atomic E-state index is 3.59. The Kier molecular flexibility index (Phi) is 5.02. The van der Waals surface area contributed by atoms with Crippen molar-refractivity contribution in [2.45, 2.75) is 19.3 Å². The van der Waals surface area contributed by atoms with E-state index in [0.717, 1.165) is 12.5 Å². The Morgan fingerprint density at radius 1 is 1.29 bits per heavy atom. The molecule has 1 saturated heterocycles. The molecule has 17 heavy (non-hydrogen) atoms. The molecule has 1 heterocycles. The lowest BCUT2D eigenvalue weighted by Gasteiger charge is -2.11. The van der Waals surface area contributed by atoms with Crippen molar-refractivity contribution in [3.05, 3.63) is 35.9 Å². The topological polar surface area (TPSA) is 15.3 Å². The lowest BCUT2D eigenvalue weighted by molar-refractivity contribution is 0.388. The van der Waals surface area contributed by atoms with Crippen LogP contribution in [0.2, 0.25) is 0 Å². The van der Waals surface area contributed by atoms with Crippen molar-refractivity contribution >= 4 is 0 Å². The molecule has 0 aromatic heterocycles. The molecule has 94 valence electrons. The van der Waals surface area contributed by atoms with Gasteiger partial charge < -0.3 is 10.2 Å². The molecule has 1 aromatic carbocycles. The zero-order chi connectivity index (χ0) is 11.9. The lowest BCUT2D eigenvalue weighted by atomic mass is 10.1. The molecule has 1 fully saturated rings. The van der Waals surface area contributed by atoms with Crippen LogP contribution >= 0.6 is 0 Å². The van der Waals surface area contributed by atoms with Crippen molar-refractivity contribution in [2.24, 2.45) is 5.92 Å². The Morgan fingerprint density at radius 3 is 2.82 bits per heavy atom. The van der Waals surface area contributed by atoms with E-state index in [1.54, 1.807) is 0 Å². The quantitative estimate of drug-likeness (QED) is 0.756. The molecule has 0 aliphatic carbocycles. The molecule has 1 N–H and O–H groups in total. The standard InChI is InChI=1S/C15H24N2/c1-17-11-9-15(13-17)12-16-10-5-8-14-6-3-2-4-7-14/h2-4,6-7,15-16H,5,8-13H2,1H3. The average Bonchev–Trinajstić information content (AvgIpc) is 2.76. The molecule has 1 aromatic rings. The first-order valence-corrected chi connectivity index (χ1v) is 6.78. The van der Waals surface area contributed by atoms with Crippen LogP contribution in [0.15, 0.2) is 30.3 Å². The highest BCUT2D eigenvalue weighted by Crippen LogP contribution is 2.12. The SMILES string of the molecule is CN1CCC(CNCCCc2ccccc2)C1. The molecule has 0 saturated carbocycles. The molecule has 0 spiro atoms. The van der Waals surface area contributed by atoms with Gasteiger partial charge in [0.25, 0.3) is 0 Å². The Balaban J connectivity index is 1.52. The Morgan fingerprint density at radius 2 is 2.12 bits per heavy atom. The third-order valence-electron chi connectivity index (χ3n) is 3.58. The summed E-state index contributed by atoms with van der Waals surface area (Å²) >= 11 is 0. The van der Waals surface area contributed by atoms with E-state index < -0.39 is 0 Å². The van der Waals surface area contributed by atoms with Gasteiger partial charge in [0.2, 0.25) is 0 Å². The molecule has 2 nitrogen and oxygen atoms in total. The van der Waals surface area contributed by atoms with Crippen molar-refractivity contribution < 1.29 is 0 Å². The van der Waals surface area contributed by atoms with Gasteiger partial charge in [-0.25, -0.2) is 0 Å². The van der Waals surface area contributed by atoms with Crippen LogP contribution in [0.3, 0.4) is 0 Å². The van der Waals surface area contributed by atoms with E-state index in [4.69, 9.17) is 0 Å². The van der Waals surface area contributed by atoms with Crippen LogP contribution in [-0.4, -0.2) is 38.1 Å². The van der Waals surface area contributed by atoms with Crippen LogP contribution in [0.25, 0.3) is 0 Å². The lowest BCUT2D eigenvalue weighted by Crippen LogP contribution is -2.26. The van der Waals surface area contributed by atoms with E-state index in [1.165, 1.54) is 44.5 Å². The Bertz CT molecular complexity index is 310. The predicted molar refractivity (Wildman–Crippen MR) is 73.2 cm³/mol. The maximum Gasteiger partial charge on any atom is 0.00192 e. The molecule has 1 unspecified atom stereocenters. The van der Waals surface area contributed by atoms with E-state index in [-0.39, 0.29) is 0 Å². The second-order valence-corrected chi connectivity index (χ2v) is 5.21. The van der Waals surface area contributed by atoms with Gasteiger partial charge >= 0.3 is 0 Å². The molecule has 1 aliphatic heterocycles. The maximum atomic E-state index is 3.59. The fraction of sp³-hybridized carbons (Fsp3) is 0.600. The molecule has 1 atom stereocenters. The van der Waals surface area contributed by atoms with Crippen molar-refractivity contribution in [3.63, 3.8) is 0 Å². The van der Waals surface area contributed by atoms with Gasteiger partial charge in [0, 0.05) is 6.54 Å². The number of rotatable bonds is 6. The molecule has 2 rings (SSSR count). The van der Waals surface area contributed by atoms with Gasteiger partial charge in [-0.05, 0) is 57.4 Å². The van der Waals surface area contributed by atoms with Crippen molar-refractivity contribution in [3.8, 4) is 0 Å². The smallest absolute Gasteiger partial charge is 0.00192 e. The van der Waals surface area contributed by atoms with Gasteiger partial charge in [0.05, 0.1) is 0 Å². The molecule has 0 amide bonds. The van der Waals surface area contributed by atoms with E-state index in [1.807, 2.05) is 0 Å². The normalized spacial score (nSPS) is 20.9. The molecule has 2 heteroatoms. The number of hydrogen-bond acceptors (Lipinski definition) is 2. The van der Waals surface area contributed by atoms with Gasteiger partial charge in [0.15, 0.2) is 0 Å². The van der Waals surface area contributed by atoms with Gasteiger partial charge in [-0.3, -0.25) is 0 Å². The molecular formula is C15H24N2. The van der Waals surface area contributed by atoms with Crippen LogP contribution in [0.1, 0.15) is 18.4 Å². The summed E-state index contributed by atoms with van der Waals surface area (Å²) in [4.78, 5) is 2.43. The third kappa shape index (κ3) is 4.49. The van der Waals surface area contributed by atoms with E-state index in [2.05, 4.69) is 47.6 Å².